The summed E-state index contributed by atoms with van der Waals surface area (Å²) in [5, 5.41) is 0. The maximum Gasteiger partial charge on any atom is 0.241 e. The van der Waals surface area contributed by atoms with Crippen LogP contribution in [0.2, 0.25) is 0 Å². The summed E-state index contributed by atoms with van der Waals surface area (Å²) in [7, 11) is 0. The Morgan fingerprint density at radius 1 is 0.818 bits per heavy atom. The van der Waals surface area contributed by atoms with E-state index in [2.05, 4.69) is 24.9 Å². The van der Waals surface area contributed by atoms with Gasteiger partial charge in [0.25, 0.3) is 0 Å². The maximum absolute atomic E-state index is 12.8. The van der Waals surface area contributed by atoms with E-state index in [0.29, 0.717) is 23.0 Å². The van der Waals surface area contributed by atoms with Crippen molar-refractivity contribution in [2.75, 3.05) is 0 Å². The Balaban J connectivity index is 1.26. The number of rotatable bonds is 8. The maximum atomic E-state index is 12.8. The fraction of sp³-hybridized carbons (Fsp3) is 0.115. The Morgan fingerprint density at radius 3 is 2.45 bits per heavy atom. The van der Waals surface area contributed by atoms with Gasteiger partial charge in [-0.05, 0) is 67.8 Å². The topological polar surface area (TPSA) is 93.7 Å². The van der Waals surface area contributed by atoms with Crippen molar-refractivity contribution < 1.29 is 9.53 Å². The lowest BCUT2D eigenvalue weighted by atomic mass is 10.1. The number of imidazole rings is 1. The molecule has 33 heavy (non-hydrogen) atoms. The number of aromatic amines is 1. The van der Waals surface area contributed by atoms with E-state index < -0.39 is 0 Å². The zero-order valence-electron chi connectivity index (χ0n) is 17.8. The van der Waals surface area contributed by atoms with Crippen molar-refractivity contribution in [1.82, 2.24) is 24.9 Å². The number of nitrogens with zero attached hydrogens (tertiary/aromatic N) is 4. The van der Waals surface area contributed by atoms with Gasteiger partial charge in [0, 0.05) is 29.8 Å². The summed E-state index contributed by atoms with van der Waals surface area (Å²) < 4.78 is 5.98. The van der Waals surface area contributed by atoms with Gasteiger partial charge < -0.3 is 9.72 Å². The number of para-hydroxylation sites is 2. The predicted octanol–water partition coefficient (Wildman–Crippen LogP) is 4.95. The summed E-state index contributed by atoms with van der Waals surface area (Å²) in [5.41, 5.74) is 3.96. The van der Waals surface area contributed by atoms with Crippen molar-refractivity contribution in [2.24, 2.45) is 0 Å². The molecule has 7 heteroatoms. The summed E-state index contributed by atoms with van der Waals surface area (Å²) in [4.78, 5) is 33.4. The van der Waals surface area contributed by atoms with Crippen LogP contribution < -0.4 is 4.74 Å². The highest BCUT2D eigenvalue weighted by molar-refractivity contribution is 6.08. The van der Waals surface area contributed by atoms with Crippen LogP contribution in [0.3, 0.4) is 0 Å². The van der Waals surface area contributed by atoms with Gasteiger partial charge in [-0.1, -0.05) is 18.2 Å². The second-order valence-electron chi connectivity index (χ2n) is 7.54. The molecule has 1 N–H and O–H groups in total. The van der Waals surface area contributed by atoms with Gasteiger partial charge in [0.2, 0.25) is 11.7 Å². The number of ketones is 1. The van der Waals surface area contributed by atoms with Crippen molar-refractivity contribution in [2.45, 2.75) is 19.3 Å². The van der Waals surface area contributed by atoms with Gasteiger partial charge in [-0.2, -0.15) is 0 Å². The minimum absolute atomic E-state index is 0.174. The Bertz CT molecular complexity index is 1350. The zero-order valence-corrected chi connectivity index (χ0v) is 17.8. The molecule has 0 radical (unpaired) electrons. The molecule has 3 aromatic heterocycles. The average molecular weight is 435 g/mol. The van der Waals surface area contributed by atoms with E-state index in [0.717, 1.165) is 41.7 Å². The van der Waals surface area contributed by atoms with Crippen molar-refractivity contribution in [3.05, 3.63) is 108 Å². The molecule has 7 nitrogen and oxygen atoms in total. The number of H-pyrrole nitrogens is 1. The van der Waals surface area contributed by atoms with Crippen LogP contribution in [0, 0.1) is 0 Å². The average Bonchev–Trinajstić information content (AvgIpc) is 3.30. The van der Waals surface area contributed by atoms with Crippen LogP contribution in [0.25, 0.3) is 11.0 Å². The molecule has 3 heterocycles. The van der Waals surface area contributed by atoms with Crippen LogP contribution in [0.1, 0.15) is 34.0 Å². The van der Waals surface area contributed by atoms with E-state index in [9.17, 15) is 4.79 Å². The molecule has 5 aromatic rings. The number of hydrogen-bond donors (Lipinski definition) is 1. The molecule has 0 aliphatic rings. The molecule has 162 valence electrons. The van der Waals surface area contributed by atoms with Crippen LogP contribution in [-0.2, 0) is 12.8 Å². The van der Waals surface area contributed by atoms with Gasteiger partial charge in [-0.15, -0.1) is 0 Å². The van der Waals surface area contributed by atoms with Crippen molar-refractivity contribution in [1.29, 1.82) is 0 Å². The van der Waals surface area contributed by atoms with Gasteiger partial charge in [0.1, 0.15) is 11.4 Å². The van der Waals surface area contributed by atoms with E-state index in [1.807, 2.05) is 42.5 Å². The molecule has 0 bridgehead atoms. The lowest BCUT2D eigenvalue weighted by molar-refractivity contribution is 0.103. The van der Waals surface area contributed by atoms with E-state index in [1.54, 1.807) is 42.9 Å². The van der Waals surface area contributed by atoms with Gasteiger partial charge >= 0.3 is 0 Å². The first-order chi connectivity index (χ1) is 16.3. The van der Waals surface area contributed by atoms with Crippen molar-refractivity contribution >= 4 is 16.8 Å². The molecule has 0 atom stereocenters. The number of pyridine rings is 1. The predicted molar refractivity (Wildman–Crippen MR) is 124 cm³/mol. The molecule has 0 spiro atoms. The van der Waals surface area contributed by atoms with Crippen molar-refractivity contribution in [3.8, 4) is 11.6 Å². The molecule has 0 aliphatic carbocycles. The third-order valence-electron chi connectivity index (χ3n) is 5.24. The number of nitrogens with one attached hydrogen (secondary N) is 1. The lowest BCUT2D eigenvalue weighted by Gasteiger charge is -2.09. The Labute approximate surface area is 190 Å². The van der Waals surface area contributed by atoms with E-state index >= 15 is 0 Å². The highest BCUT2D eigenvalue weighted by atomic mass is 16.5. The van der Waals surface area contributed by atoms with E-state index in [-0.39, 0.29) is 5.78 Å². The first kappa shape index (κ1) is 20.5. The highest BCUT2D eigenvalue weighted by Crippen LogP contribution is 2.24. The van der Waals surface area contributed by atoms with Crippen LogP contribution in [0.5, 0.6) is 11.6 Å². The summed E-state index contributed by atoms with van der Waals surface area (Å²) in [6, 6.07) is 20.4. The lowest BCUT2D eigenvalue weighted by Crippen LogP contribution is -2.03. The normalized spacial score (nSPS) is 10.9. The second-order valence-corrected chi connectivity index (χ2v) is 7.54. The number of aromatic nitrogens is 5. The smallest absolute Gasteiger partial charge is 0.241 e. The fourth-order valence-electron chi connectivity index (χ4n) is 3.58. The third kappa shape index (κ3) is 4.77. The quantitative estimate of drug-likeness (QED) is 0.347. The Kier molecular flexibility index (Phi) is 5.84. The standard InChI is InChI=1S/C26H21N5O2/c32-24(25-30-21-8-1-2-9-22(21)31-25)18-11-13-20(14-12-18)33-26-23(28-16-17-29-26)10-5-7-19-6-3-4-15-27-19/h1-4,6,8-9,11-17H,5,7,10H2,(H,30,31). The van der Waals surface area contributed by atoms with Crippen LogP contribution >= 0.6 is 0 Å². The van der Waals surface area contributed by atoms with Gasteiger partial charge in [0.15, 0.2) is 5.82 Å². The summed E-state index contributed by atoms with van der Waals surface area (Å²) in [6.45, 7) is 0. The molecule has 5 rings (SSSR count). The van der Waals surface area contributed by atoms with Gasteiger partial charge in [-0.3, -0.25) is 14.8 Å². The summed E-state index contributed by atoms with van der Waals surface area (Å²) in [5.74, 6) is 1.19. The monoisotopic (exact) mass is 435 g/mol. The molecular weight excluding hydrogens is 414 g/mol. The molecule has 0 saturated carbocycles. The SMILES string of the molecule is O=C(c1ccc(Oc2nccnc2CCCc2ccccn2)cc1)c1nc2ccccc2[nH]1. The molecule has 0 amide bonds. The number of hydrogen-bond acceptors (Lipinski definition) is 6. The van der Waals surface area contributed by atoms with E-state index in [1.165, 1.54) is 0 Å². The van der Waals surface area contributed by atoms with Crippen LogP contribution in [0.4, 0.5) is 0 Å². The molecule has 0 unspecified atom stereocenters. The third-order valence-corrected chi connectivity index (χ3v) is 5.24. The van der Waals surface area contributed by atoms with Crippen LogP contribution in [-0.4, -0.2) is 30.7 Å². The molecule has 0 saturated heterocycles. The van der Waals surface area contributed by atoms with E-state index in [4.69, 9.17) is 4.74 Å². The van der Waals surface area contributed by atoms with Gasteiger partial charge in [-0.25, -0.2) is 9.97 Å². The zero-order chi connectivity index (χ0) is 22.5. The Morgan fingerprint density at radius 2 is 1.64 bits per heavy atom. The Hall–Kier alpha value is -4.39. The molecule has 2 aromatic carbocycles. The second kappa shape index (κ2) is 9.40. The number of ether oxygens (including phenoxy) is 1. The number of carbonyl (C=O) groups is 1. The number of fused-ring (bicyclic) bond motifs is 1. The highest BCUT2D eigenvalue weighted by Gasteiger charge is 2.14. The number of aryl methyl sites for hydroxylation is 2. The number of benzene rings is 2. The first-order valence-corrected chi connectivity index (χ1v) is 10.7. The molecular formula is C26H21N5O2. The molecule has 0 fully saturated rings. The minimum Gasteiger partial charge on any atom is -0.437 e. The summed E-state index contributed by atoms with van der Waals surface area (Å²) in [6.07, 6.45) is 7.54. The summed E-state index contributed by atoms with van der Waals surface area (Å²) >= 11 is 0. The molecule has 0 aliphatic heterocycles. The first-order valence-electron chi connectivity index (χ1n) is 10.7. The van der Waals surface area contributed by atoms with Gasteiger partial charge in [0.05, 0.1) is 11.0 Å². The largest absolute Gasteiger partial charge is 0.437 e. The number of carbonyl (C=O) groups excluding carboxylic acids is 1. The van der Waals surface area contributed by atoms with Crippen molar-refractivity contribution in [3.63, 3.8) is 0 Å². The van der Waals surface area contributed by atoms with Crippen LogP contribution in [0.15, 0.2) is 85.3 Å². The minimum atomic E-state index is -0.174. The fourth-order valence-corrected chi connectivity index (χ4v) is 3.58.